The third-order valence-electron chi connectivity index (χ3n) is 5.07. The highest BCUT2D eigenvalue weighted by Crippen LogP contribution is 2.27. The van der Waals surface area contributed by atoms with E-state index >= 15 is 0 Å². The molecule has 0 bridgehead atoms. The molecule has 23 heavy (non-hydrogen) atoms. The standard InChI is InChI=1S/C20H32N2O/c1-4-21(5-2)16-20(23)22(15-18-9-7-6-8-10-18)19-13-11-17(3)12-14-19/h11-14,18H,4-10,15-16H2,1-3H3. The second-order valence-electron chi connectivity index (χ2n) is 6.81. The quantitative estimate of drug-likeness (QED) is 0.751. The Bertz CT molecular complexity index is 473. The highest BCUT2D eigenvalue weighted by molar-refractivity contribution is 5.94. The summed E-state index contributed by atoms with van der Waals surface area (Å²) in [4.78, 5) is 17.1. The number of rotatable bonds is 7. The molecule has 0 aliphatic heterocycles. The molecular formula is C20H32N2O. The van der Waals surface area contributed by atoms with Crippen LogP contribution in [0.3, 0.4) is 0 Å². The zero-order valence-corrected chi connectivity index (χ0v) is 15.1. The van der Waals surface area contributed by atoms with E-state index < -0.39 is 0 Å². The molecule has 3 heteroatoms. The lowest BCUT2D eigenvalue weighted by Crippen LogP contribution is -2.43. The van der Waals surface area contributed by atoms with E-state index in [0.717, 1.165) is 25.3 Å². The Morgan fingerprint density at radius 2 is 1.65 bits per heavy atom. The van der Waals surface area contributed by atoms with Gasteiger partial charge < -0.3 is 4.90 Å². The van der Waals surface area contributed by atoms with Crippen molar-refractivity contribution < 1.29 is 4.79 Å². The van der Waals surface area contributed by atoms with Crippen molar-refractivity contribution in [2.45, 2.75) is 52.9 Å². The van der Waals surface area contributed by atoms with Gasteiger partial charge in [0.15, 0.2) is 0 Å². The van der Waals surface area contributed by atoms with Gasteiger partial charge in [0.25, 0.3) is 0 Å². The molecule has 1 aromatic rings. The molecule has 1 aliphatic rings. The lowest BCUT2D eigenvalue weighted by Gasteiger charge is -2.31. The highest BCUT2D eigenvalue weighted by Gasteiger charge is 2.23. The Hall–Kier alpha value is -1.35. The fourth-order valence-electron chi connectivity index (χ4n) is 3.43. The molecule has 0 heterocycles. The molecule has 0 unspecified atom stereocenters. The summed E-state index contributed by atoms with van der Waals surface area (Å²) in [7, 11) is 0. The van der Waals surface area contributed by atoms with Crippen LogP contribution in [0.15, 0.2) is 24.3 Å². The Morgan fingerprint density at radius 3 is 2.22 bits per heavy atom. The van der Waals surface area contributed by atoms with Crippen LogP contribution in [-0.4, -0.2) is 37.0 Å². The van der Waals surface area contributed by atoms with Crippen LogP contribution in [-0.2, 0) is 4.79 Å². The normalized spacial score (nSPS) is 15.8. The van der Waals surface area contributed by atoms with Gasteiger partial charge in [-0.25, -0.2) is 0 Å². The molecule has 1 fully saturated rings. The van der Waals surface area contributed by atoms with Crippen LogP contribution in [0.5, 0.6) is 0 Å². The fraction of sp³-hybridized carbons (Fsp3) is 0.650. The third kappa shape index (κ3) is 5.35. The number of carbonyl (C=O) groups is 1. The first kappa shape index (κ1) is 18.0. The van der Waals surface area contributed by atoms with Crippen LogP contribution in [0.1, 0.15) is 51.5 Å². The van der Waals surface area contributed by atoms with E-state index in [2.05, 4.69) is 49.9 Å². The van der Waals surface area contributed by atoms with Crippen LogP contribution >= 0.6 is 0 Å². The van der Waals surface area contributed by atoms with Gasteiger partial charge in [-0.05, 0) is 50.9 Å². The van der Waals surface area contributed by atoms with Crippen molar-refractivity contribution in [2.24, 2.45) is 5.92 Å². The number of anilines is 1. The molecule has 1 aliphatic carbocycles. The Balaban J connectivity index is 2.12. The largest absolute Gasteiger partial charge is 0.311 e. The molecule has 3 nitrogen and oxygen atoms in total. The summed E-state index contributed by atoms with van der Waals surface area (Å²) < 4.78 is 0. The number of nitrogens with zero attached hydrogens (tertiary/aromatic N) is 2. The number of likely N-dealkylation sites (N-methyl/N-ethyl adjacent to an activating group) is 1. The predicted molar refractivity (Wildman–Crippen MR) is 97.9 cm³/mol. The Morgan fingerprint density at radius 1 is 1.04 bits per heavy atom. The molecule has 0 spiro atoms. The van der Waals surface area contributed by atoms with Crippen molar-refractivity contribution in [3.8, 4) is 0 Å². The minimum absolute atomic E-state index is 0.239. The van der Waals surface area contributed by atoms with E-state index in [9.17, 15) is 4.79 Å². The summed E-state index contributed by atoms with van der Waals surface area (Å²) in [6.45, 7) is 9.58. The van der Waals surface area contributed by atoms with Crippen molar-refractivity contribution in [1.29, 1.82) is 0 Å². The van der Waals surface area contributed by atoms with Gasteiger partial charge >= 0.3 is 0 Å². The van der Waals surface area contributed by atoms with Gasteiger partial charge in [-0.3, -0.25) is 9.69 Å². The molecule has 1 amide bonds. The van der Waals surface area contributed by atoms with E-state index in [0.29, 0.717) is 12.5 Å². The zero-order valence-electron chi connectivity index (χ0n) is 15.1. The van der Waals surface area contributed by atoms with Crippen molar-refractivity contribution >= 4 is 11.6 Å². The number of benzene rings is 1. The minimum Gasteiger partial charge on any atom is -0.311 e. The number of carbonyl (C=O) groups excluding carboxylic acids is 1. The van der Waals surface area contributed by atoms with Crippen LogP contribution in [0.4, 0.5) is 5.69 Å². The molecule has 0 atom stereocenters. The number of hydrogen-bond donors (Lipinski definition) is 0. The summed E-state index contributed by atoms with van der Waals surface area (Å²) in [6.07, 6.45) is 6.52. The van der Waals surface area contributed by atoms with Crippen LogP contribution in [0.2, 0.25) is 0 Å². The summed E-state index contributed by atoms with van der Waals surface area (Å²) in [5.74, 6) is 0.897. The maximum Gasteiger partial charge on any atom is 0.241 e. The van der Waals surface area contributed by atoms with Gasteiger partial charge in [-0.2, -0.15) is 0 Å². The Labute approximate surface area is 141 Å². The summed E-state index contributed by atoms with van der Waals surface area (Å²) >= 11 is 0. The summed E-state index contributed by atoms with van der Waals surface area (Å²) in [5.41, 5.74) is 2.29. The second-order valence-corrected chi connectivity index (χ2v) is 6.81. The molecule has 0 radical (unpaired) electrons. The SMILES string of the molecule is CCN(CC)CC(=O)N(CC1CCCCC1)c1ccc(C)cc1. The smallest absolute Gasteiger partial charge is 0.241 e. The van der Waals surface area contributed by atoms with Crippen molar-refractivity contribution in [3.63, 3.8) is 0 Å². The van der Waals surface area contributed by atoms with Gasteiger partial charge in [0.1, 0.15) is 0 Å². The topological polar surface area (TPSA) is 23.6 Å². The minimum atomic E-state index is 0.239. The van der Waals surface area contributed by atoms with Gasteiger partial charge in [0.05, 0.1) is 6.54 Å². The molecule has 1 saturated carbocycles. The van der Waals surface area contributed by atoms with E-state index in [1.165, 1.54) is 37.7 Å². The molecule has 0 N–H and O–H groups in total. The first-order valence-electron chi connectivity index (χ1n) is 9.23. The summed E-state index contributed by atoms with van der Waals surface area (Å²) in [5, 5.41) is 0. The average molecular weight is 316 g/mol. The van der Waals surface area contributed by atoms with E-state index in [-0.39, 0.29) is 5.91 Å². The molecular weight excluding hydrogens is 284 g/mol. The number of amides is 1. The number of aryl methyl sites for hydroxylation is 1. The maximum absolute atomic E-state index is 12.9. The van der Waals surface area contributed by atoms with Crippen molar-refractivity contribution in [1.82, 2.24) is 4.90 Å². The molecule has 1 aromatic carbocycles. The summed E-state index contributed by atoms with van der Waals surface area (Å²) in [6, 6.07) is 8.40. The second kappa shape index (κ2) is 9.07. The van der Waals surface area contributed by atoms with Gasteiger partial charge in [-0.15, -0.1) is 0 Å². The first-order chi connectivity index (χ1) is 11.1. The lowest BCUT2D eigenvalue weighted by molar-refractivity contribution is -0.119. The lowest BCUT2D eigenvalue weighted by atomic mass is 9.89. The molecule has 2 rings (SSSR count). The Kier molecular flexibility index (Phi) is 7.10. The fourth-order valence-corrected chi connectivity index (χ4v) is 3.43. The van der Waals surface area contributed by atoms with Gasteiger partial charge in [-0.1, -0.05) is 50.8 Å². The zero-order chi connectivity index (χ0) is 16.7. The highest BCUT2D eigenvalue weighted by atomic mass is 16.2. The van der Waals surface area contributed by atoms with Crippen LogP contribution < -0.4 is 4.90 Å². The van der Waals surface area contributed by atoms with E-state index in [4.69, 9.17) is 0 Å². The molecule has 0 saturated heterocycles. The maximum atomic E-state index is 12.9. The van der Waals surface area contributed by atoms with Crippen molar-refractivity contribution in [3.05, 3.63) is 29.8 Å². The van der Waals surface area contributed by atoms with Gasteiger partial charge in [0.2, 0.25) is 5.91 Å². The van der Waals surface area contributed by atoms with Gasteiger partial charge in [0, 0.05) is 12.2 Å². The first-order valence-corrected chi connectivity index (χ1v) is 9.23. The van der Waals surface area contributed by atoms with E-state index in [1.54, 1.807) is 0 Å². The predicted octanol–water partition coefficient (Wildman–Crippen LogP) is 4.25. The van der Waals surface area contributed by atoms with Crippen molar-refractivity contribution in [2.75, 3.05) is 31.1 Å². The monoisotopic (exact) mass is 316 g/mol. The average Bonchev–Trinajstić information content (AvgIpc) is 2.59. The van der Waals surface area contributed by atoms with Crippen LogP contribution in [0.25, 0.3) is 0 Å². The molecule has 0 aromatic heterocycles. The van der Waals surface area contributed by atoms with E-state index in [1.807, 2.05) is 4.90 Å². The third-order valence-corrected chi connectivity index (χ3v) is 5.07. The number of hydrogen-bond acceptors (Lipinski definition) is 2. The van der Waals surface area contributed by atoms with Crippen LogP contribution in [0, 0.1) is 12.8 Å². The molecule has 128 valence electrons.